The third kappa shape index (κ3) is 2.94. The highest BCUT2D eigenvalue weighted by Crippen LogP contribution is 2.52. The number of nitrogens with zero attached hydrogens (tertiary/aromatic N) is 1. The third-order valence-corrected chi connectivity index (χ3v) is 7.99. The molecule has 6 rings (SSSR count). The lowest BCUT2D eigenvalue weighted by molar-refractivity contribution is -0.103. The van der Waals surface area contributed by atoms with Gasteiger partial charge in [-0.1, -0.05) is 24.3 Å². The molecule has 3 aliphatic rings. The van der Waals surface area contributed by atoms with Gasteiger partial charge in [0, 0.05) is 42.4 Å². The van der Waals surface area contributed by atoms with Crippen molar-refractivity contribution < 1.29 is 14.2 Å². The maximum Gasteiger partial charge on any atom is 0.147 e. The smallest absolute Gasteiger partial charge is 0.147 e. The first kappa shape index (κ1) is 19.3. The van der Waals surface area contributed by atoms with Crippen molar-refractivity contribution in [2.75, 3.05) is 26.7 Å². The van der Waals surface area contributed by atoms with Crippen LogP contribution < -0.4 is 4.74 Å². The Labute approximate surface area is 182 Å². The van der Waals surface area contributed by atoms with E-state index in [1.165, 1.54) is 18.9 Å². The average molecular weight is 421 g/mol. The molecule has 3 aromatic rings. The van der Waals surface area contributed by atoms with Gasteiger partial charge in [0.05, 0.1) is 18.2 Å². The molecule has 2 atom stereocenters. The fourth-order valence-corrected chi connectivity index (χ4v) is 6.16. The number of hydrogen-bond acceptors (Lipinski definition) is 3. The van der Waals surface area contributed by atoms with E-state index in [4.69, 9.17) is 4.74 Å². The number of benzene rings is 2. The summed E-state index contributed by atoms with van der Waals surface area (Å²) >= 11 is 0. The molecule has 162 valence electrons. The molecule has 4 nitrogen and oxygen atoms in total. The Hall–Kier alpha value is -2.37. The molecule has 5 heteroatoms. The monoisotopic (exact) mass is 420 g/mol. The summed E-state index contributed by atoms with van der Waals surface area (Å²) in [6.07, 6.45) is 4.70. The van der Waals surface area contributed by atoms with E-state index < -0.39 is 11.0 Å². The van der Waals surface area contributed by atoms with E-state index in [1.54, 1.807) is 13.2 Å². The Kier molecular flexibility index (Phi) is 4.25. The third-order valence-electron chi connectivity index (χ3n) is 7.99. The molecule has 2 unspecified atom stereocenters. The average Bonchev–Trinajstić information content (AvgIpc) is 3.52. The van der Waals surface area contributed by atoms with E-state index in [0.717, 1.165) is 53.4 Å². The summed E-state index contributed by atoms with van der Waals surface area (Å²) in [7, 11) is 1.68. The van der Waals surface area contributed by atoms with Gasteiger partial charge in [-0.15, -0.1) is 0 Å². The van der Waals surface area contributed by atoms with E-state index in [-0.39, 0.29) is 5.82 Å². The number of halogens is 1. The first-order valence-electron chi connectivity index (χ1n) is 11.4. The summed E-state index contributed by atoms with van der Waals surface area (Å²) in [5, 5.41) is 13.3. The second-order valence-corrected chi connectivity index (χ2v) is 9.87. The standard InChI is InChI=1S/C26H29FN2O2/c1-31-19-5-2-4-18(12-19)25-10-11-29(15-17-8-9-17)16-26(25,30)13-21-20-6-3-7-22(27)24(20)28-23(21)14-25/h2-7,12,17,28,30H,8-11,13-16H2,1H3. The number of aliphatic hydroxyl groups is 1. The van der Waals surface area contributed by atoms with Gasteiger partial charge >= 0.3 is 0 Å². The van der Waals surface area contributed by atoms with Crippen molar-refractivity contribution in [2.45, 2.75) is 43.1 Å². The van der Waals surface area contributed by atoms with Crippen molar-refractivity contribution in [3.05, 3.63) is 65.1 Å². The minimum Gasteiger partial charge on any atom is -0.497 e. The van der Waals surface area contributed by atoms with Crippen LogP contribution in [-0.2, 0) is 18.3 Å². The van der Waals surface area contributed by atoms with E-state index in [9.17, 15) is 9.50 Å². The number of nitrogens with one attached hydrogen (secondary N) is 1. The fraction of sp³-hybridized carbons (Fsp3) is 0.462. The summed E-state index contributed by atoms with van der Waals surface area (Å²) in [6.45, 7) is 2.70. The largest absolute Gasteiger partial charge is 0.497 e. The lowest BCUT2D eigenvalue weighted by atomic mass is 9.56. The van der Waals surface area contributed by atoms with Crippen LogP contribution >= 0.6 is 0 Å². The van der Waals surface area contributed by atoms with Gasteiger partial charge in [-0.3, -0.25) is 0 Å². The molecular weight excluding hydrogens is 391 g/mol. The van der Waals surface area contributed by atoms with Crippen LogP contribution in [0.1, 0.15) is 36.1 Å². The van der Waals surface area contributed by atoms with Crippen LogP contribution in [0, 0.1) is 11.7 Å². The van der Waals surface area contributed by atoms with E-state index in [2.05, 4.69) is 22.0 Å². The number of fused-ring (bicyclic) bond motifs is 4. The van der Waals surface area contributed by atoms with Crippen molar-refractivity contribution >= 4 is 10.9 Å². The van der Waals surface area contributed by atoms with E-state index in [0.29, 0.717) is 24.9 Å². The lowest BCUT2D eigenvalue weighted by Crippen LogP contribution is -2.66. The number of rotatable bonds is 4. The predicted molar refractivity (Wildman–Crippen MR) is 119 cm³/mol. The maximum atomic E-state index is 14.5. The Balaban J connectivity index is 1.50. The maximum absolute atomic E-state index is 14.5. The number of piperidine rings is 1. The van der Waals surface area contributed by atoms with E-state index >= 15 is 0 Å². The molecular formula is C26H29FN2O2. The summed E-state index contributed by atoms with van der Waals surface area (Å²) in [5.74, 6) is 1.37. The molecule has 2 fully saturated rings. The van der Waals surface area contributed by atoms with Gasteiger partial charge in [-0.2, -0.15) is 0 Å². The zero-order chi connectivity index (χ0) is 21.2. The number of aromatic amines is 1. The number of methoxy groups -OCH3 is 1. The summed E-state index contributed by atoms with van der Waals surface area (Å²) in [4.78, 5) is 5.84. The number of H-pyrrole nitrogens is 1. The van der Waals surface area contributed by atoms with Crippen molar-refractivity contribution in [1.82, 2.24) is 9.88 Å². The molecule has 2 aliphatic carbocycles. The van der Waals surface area contributed by atoms with Gasteiger partial charge in [-0.05, 0) is 61.1 Å². The molecule has 0 spiro atoms. The topological polar surface area (TPSA) is 48.5 Å². The summed E-state index contributed by atoms with van der Waals surface area (Å²) in [6, 6.07) is 13.4. The molecule has 0 radical (unpaired) electrons. The van der Waals surface area contributed by atoms with Crippen LogP contribution in [0.15, 0.2) is 42.5 Å². The number of likely N-dealkylation sites (tertiary alicyclic amines) is 1. The number of aromatic nitrogens is 1. The first-order chi connectivity index (χ1) is 15.0. The van der Waals surface area contributed by atoms with Crippen molar-refractivity contribution in [2.24, 2.45) is 5.92 Å². The van der Waals surface area contributed by atoms with Gasteiger partial charge in [0.2, 0.25) is 0 Å². The van der Waals surface area contributed by atoms with Crippen LogP contribution in [-0.4, -0.2) is 47.3 Å². The summed E-state index contributed by atoms with van der Waals surface area (Å²) in [5.41, 5.74) is 2.47. The Morgan fingerprint density at radius 3 is 2.84 bits per heavy atom. The van der Waals surface area contributed by atoms with Gasteiger partial charge in [-0.25, -0.2) is 4.39 Å². The van der Waals surface area contributed by atoms with Crippen LogP contribution in [0.3, 0.4) is 0 Å². The molecule has 2 heterocycles. The minimum atomic E-state index is -0.916. The molecule has 1 saturated carbocycles. The van der Waals surface area contributed by atoms with Gasteiger partial charge in [0.15, 0.2) is 0 Å². The van der Waals surface area contributed by atoms with Gasteiger partial charge in [0.25, 0.3) is 0 Å². The molecule has 1 saturated heterocycles. The number of β-amino-alcohol motifs (C(OH)–C–C–N with tert-alkyl or cyclic N) is 1. The van der Waals surface area contributed by atoms with Crippen molar-refractivity contribution in [3.8, 4) is 5.75 Å². The highest BCUT2D eigenvalue weighted by Gasteiger charge is 2.58. The Bertz CT molecular complexity index is 1150. The zero-order valence-corrected chi connectivity index (χ0v) is 18.0. The number of hydrogen-bond donors (Lipinski definition) is 2. The quantitative estimate of drug-likeness (QED) is 0.665. The van der Waals surface area contributed by atoms with Crippen LogP contribution in [0.5, 0.6) is 5.75 Å². The molecule has 2 N–H and O–H groups in total. The Morgan fingerprint density at radius 1 is 1.19 bits per heavy atom. The number of ether oxygens (including phenoxy) is 1. The minimum absolute atomic E-state index is 0.229. The highest BCUT2D eigenvalue weighted by atomic mass is 19.1. The zero-order valence-electron chi connectivity index (χ0n) is 18.0. The van der Waals surface area contributed by atoms with Crippen LogP contribution in [0.2, 0.25) is 0 Å². The second-order valence-electron chi connectivity index (χ2n) is 9.87. The summed E-state index contributed by atoms with van der Waals surface area (Å²) < 4.78 is 20.1. The molecule has 31 heavy (non-hydrogen) atoms. The van der Waals surface area contributed by atoms with Crippen LogP contribution in [0.25, 0.3) is 10.9 Å². The highest BCUT2D eigenvalue weighted by molar-refractivity contribution is 5.86. The molecule has 2 aromatic carbocycles. The normalized spacial score (nSPS) is 28.4. The van der Waals surface area contributed by atoms with Crippen LogP contribution in [0.4, 0.5) is 4.39 Å². The molecule has 0 amide bonds. The predicted octanol–water partition coefficient (Wildman–Crippen LogP) is 4.20. The SMILES string of the molecule is COc1cccc(C23CCN(CC4CC4)CC2(O)Cc2c([nH]c4c(F)cccc24)C3)c1. The fourth-order valence-electron chi connectivity index (χ4n) is 6.16. The molecule has 0 bridgehead atoms. The van der Waals surface area contributed by atoms with E-state index in [1.807, 2.05) is 18.2 Å². The van der Waals surface area contributed by atoms with Gasteiger partial charge < -0.3 is 19.7 Å². The molecule has 1 aliphatic heterocycles. The Morgan fingerprint density at radius 2 is 2.03 bits per heavy atom. The van der Waals surface area contributed by atoms with Crippen molar-refractivity contribution in [1.29, 1.82) is 0 Å². The second kappa shape index (κ2) is 6.81. The van der Waals surface area contributed by atoms with Crippen molar-refractivity contribution in [3.63, 3.8) is 0 Å². The van der Waals surface area contributed by atoms with Gasteiger partial charge in [0.1, 0.15) is 11.6 Å². The molecule has 1 aromatic heterocycles. The number of para-hydroxylation sites is 1. The first-order valence-corrected chi connectivity index (χ1v) is 11.4. The lowest BCUT2D eigenvalue weighted by Gasteiger charge is -2.56.